The van der Waals surface area contributed by atoms with E-state index < -0.39 is 0 Å². The van der Waals surface area contributed by atoms with Gasteiger partial charge in [-0.25, -0.2) is 9.97 Å². The molecule has 0 saturated heterocycles. The molecule has 2 aromatic rings. The van der Waals surface area contributed by atoms with Crippen molar-refractivity contribution in [3.63, 3.8) is 0 Å². The molecule has 1 aliphatic carbocycles. The van der Waals surface area contributed by atoms with E-state index in [2.05, 4.69) is 9.97 Å². The van der Waals surface area contributed by atoms with E-state index in [1.165, 1.54) is 0 Å². The zero-order valence-electron chi connectivity index (χ0n) is 9.74. The Balaban J connectivity index is 1.77. The minimum atomic E-state index is -0.173. The van der Waals surface area contributed by atoms with E-state index in [1.54, 1.807) is 30.6 Å². The van der Waals surface area contributed by atoms with Crippen LogP contribution in [0.4, 0.5) is 0 Å². The van der Waals surface area contributed by atoms with E-state index in [4.69, 9.17) is 4.74 Å². The summed E-state index contributed by atoms with van der Waals surface area (Å²) in [5.41, 5.74) is 0.573. The van der Waals surface area contributed by atoms with Crippen LogP contribution in [0.15, 0.2) is 42.7 Å². The highest BCUT2D eigenvalue weighted by molar-refractivity contribution is 6.06. The van der Waals surface area contributed by atoms with Crippen molar-refractivity contribution in [3.05, 3.63) is 54.1 Å². The average molecular weight is 240 g/mol. The fourth-order valence-corrected chi connectivity index (χ4v) is 1.61. The molecule has 1 aromatic heterocycles. The third-order valence-electron chi connectivity index (χ3n) is 2.71. The summed E-state index contributed by atoms with van der Waals surface area (Å²) in [6, 6.07) is 8.80. The monoisotopic (exact) mass is 240 g/mol. The zero-order valence-corrected chi connectivity index (χ0v) is 9.74. The van der Waals surface area contributed by atoms with Crippen molar-refractivity contribution in [2.24, 2.45) is 0 Å². The number of carbonyl (C=O) groups is 1. The first kappa shape index (κ1) is 10.9. The Hall–Kier alpha value is -2.23. The number of benzene rings is 1. The van der Waals surface area contributed by atoms with Gasteiger partial charge in [0.2, 0.25) is 11.6 Å². The van der Waals surface area contributed by atoms with Gasteiger partial charge in [0, 0.05) is 18.0 Å². The van der Waals surface area contributed by atoms with Crippen LogP contribution in [0.3, 0.4) is 0 Å². The highest BCUT2D eigenvalue weighted by Gasteiger charge is 2.23. The van der Waals surface area contributed by atoms with Crippen molar-refractivity contribution in [3.8, 4) is 5.75 Å². The first-order valence-corrected chi connectivity index (χ1v) is 5.91. The molecule has 90 valence electrons. The number of carbonyl (C=O) groups excluding carboxylic acids is 1. The van der Waals surface area contributed by atoms with Crippen LogP contribution >= 0.6 is 0 Å². The van der Waals surface area contributed by atoms with Gasteiger partial charge in [0.05, 0.1) is 6.10 Å². The lowest BCUT2D eigenvalue weighted by Crippen LogP contribution is -2.06. The van der Waals surface area contributed by atoms with Crippen LogP contribution in [0.25, 0.3) is 0 Å². The predicted octanol–water partition coefficient (Wildman–Crippen LogP) is 2.25. The summed E-state index contributed by atoms with van der Waals surface area (Å²) in [5.74, 6) is 0.852. The Labute approximate surface area is 105 Å². The number of nitrogens with zero attached hydrogens (tertiary/aromatic N) is 2. The fraction of sp³-hybridized carbons (Fsp3) is 0.214. The van der Waals surface area contributed by atoms with E-state index in [0.29, 0.717) is 11.7 Å². The second-order valence-corrected chi connectivity index (χ2v) is 4.24. The van der Waals surface area contributed by atoms with Crippen LogP contribution in [-0.2, 0) is 0 Å². The molecule has 1 aliphatic rings. The van der Waals surface area contributed by atoms with Crippen LogP contribution in [0.5, 0.6) is 5.75 Å². The summed E-state index contributed by atoms with van der Waals surface area (Å²) in [4.78, 5) is 19.9. The molecular formula is C14H12N2O2. The molecule has 1 fully saturated rings. The SMILES string of the molecule is O=C(c1ccc(OC2CC2)cc1)c1ncccn1. The molecule has 0 N–H and O–H groups in total. The van der Waals surface area contributed by atoms with Gasteiger partial charge in [0.25, 0.3) is 0 Å². The topological polar surface area (TPSA) is 52.1 Å². The van der Waals surface area contributed by atoms with Gasteiger partial charge in [-0.15, -0.1) is 0 Å². The Kier molecular flexibility index (Phi) is 2.76. The molecule has 4 nitrogen and oxygen atoms in total. The predicted molar refractivity (Wildman–Crippen MR) is 65.6 cm³/mol. The van der Waals surface area contributed by atoms with Gasteiger partial charge in [-0.3, -0.25) is 4.79 Å². The summed E-state index contributed by atoms with van der Waals surface area (Å²) < 4.78 is 5.62. The Morgan fingerprint density at radius 1 is 1.11 bits per heavy atom. The van der Waals surface area contributed by atoms with Crippen molar-refractivity contribution >= 4 is 5.78 Å². The third-order valence-corrected chi connectivity index (χ3v) is 2.71. The van der Waals surface area contributed by atoms with Gasteiger partial charge in [0.15, 0.2) is 0 Å². The highest BCUT2D eigenvalue weighted by Crippen LogP contribution is 2.26. The number of ether oxygens (including phenoxy) is 1. The summed E-state index contributed by atoms with van der Waals surface area (Å²) in [6.07, 6.45) is 5.73. The number of aromatic nitrogens is 2. The standard InChI is InChI=1S/C14H12N2O2/c17-13(14-15-8-1-9-16-14)10-2-4-11(5-3-10)18-12-6-7-12/h1-5,8-9,12H,6-7H2. The molecule has 18 heavy (non-hydrogen) atoms. The first-order chi connectivity index (χ1) is 8.83. The van der Waals surface area contributed by atoms with Gasteiger partial charge in [-0.1, -0.05) is 0 Å². The van der Waals surface area contributed by atoms with Gasteiger partial charge >= 0.3 is 0 Å². The second kappa shape index (κ2) is 4.56. The number of hydrogen-bond acceptors (Lipinski definition) is 4. The largest absolute Gasteiger partial charge is 0.490 e. The van der Waals surface area contributed by atoms with E-state index in [1.807, 2.05) is 12.1 Å². The molecule has 0 atom stereocenters. The molecule has 1 saturated carbocycles. The average Bonchev–Trinajstić information content (AvgIpc) is 3.24. The molecule has 3 rings (SSSR count). The molecule has 0 amide bonds. The van der Waals surface area contributed by atoms with Crippen LogP contribution in [-0.4, -0.2) is 21.9 Å². The quantitative estimate of drug-likeness (QED) is 0.769. The summed E-state index contributed by atoms with van der Waals surface area (Å²) in [7, 11) is 0. The summed E-state index contributed by atoms with van der Waals surface area (Å²) in [5, 5.41) is 0. The van der Waals surface area contributed by atoms with Gasteiger partial charge in [-0.05, 0) is 43.2 Å². The van der Waals surface area contributed by atoms with Crippen molar-refractivity contribution < 1.29 is 9.53 Å². The molecule has 1 heterocycles. The maximum absolute atomic E-state index is 12.0. The zero-order chi connectivity index (χ0) is 12.4. The molecule has 0 bridgehead atoms. The normalized spacial score (nSPS) is 14.2. The van der Waals surface area contributed by atoms with E-state index >= 15 is 0 Å². The molecular weight excluding hydrogens is 228 g/mol. The molecule has 0 aliphatic heterocycles. The number of hydrogen-bond donors (Lipinski definition) is 0. The van der Waals surface area contributed by atoms with Gasteiger partial charge in [0.1, 0.15) is 5.75 Å². The molecule has 1 aromatic carbocycles. The lowest BCUT2D eigenvalue weighted by molar-refractivity contribution is 0.102. The first-order valence-electron chi connectivity index (χ1n) is 5.91. The minimum Gasteiger partial charge on any atom is -0.490 e. The maximum atomic E-state index is 12.0. The molecule has 0 unspecified atom stereocenters. The smallest absolute Gasteiger partial charge is 0.230 e. The van der Waals surface area contributed by atoms with E-state index in [9.17, 15) is 4.79 Å². The fourth-order valence-electron chi connectivity index (χ4n) is 1.61. The van der Waals surface area contributed by atoms with Crippen LogP contribution in [0.1, 0.15) is 29.0 Å². The number of ketones is 1. The van der Waals surface area contributed by atoms with E-state index in [0.717, 1.165) is 18.6 Å². The molecule has 4 heteroatoms. The van der Waals surface area contributed by atoms with Crippen LogP contribution in [0.2, 0.25) is 0 Å². The van der Waals surface area contributed by atoms with Gasteiger partial charge in [-0.2, -0.15) is 0 Å². The van der Waals surface area contributed by atoms with Crippen molar-refractivity contribution in [2.75, 3.05) is 0 Å². The Morgan fingerprint density at radius 3 is 2.39 bits per heavy atom. The minimum absolute atomic E-state index is 0.173. The van der Waals surface area contributed by atoms with Crippen molar-refractivity contribution in [1.29, 1.82) is 0 Å². The Morgan fingerprint density at radius 2 is 1.78 bits per heavy atom. The molecule has 0 spiro atoms. The number of rotatable bonds is 4. The second-order valence-electron chi connectivity index (χ2n) is 4.24. The van der Waals surface area contributed by atoms with Crippen LogP contribution in [0, 0.1) is 0 Å². The Bertz CT molecular complexity index is 548. The lowest BCUT2D eigenvalue weighted by atomic mass is 10.1. The van der Waals surface area contributed by atoms with Crippen molar-refractivity contribution in [1.82, 2.24) is 9.97 Å². The summed E-state index contributed by atoms with van der Waals surface area (Å²) in [6.45, 7) is 0. The van der Waals surface area contributed by atoms with E-state index in [-0.39, 0.29) is 11.6 Å². The maximum Gasteiger partial charge on any atom is 0.230 e. The lowest BCUT2D eigenvalue weighted by Gasteiger charge is -2.04. The third kappa shape index (κ3) is 2.37. The summed E-state index contributed by atoms with van der Waals surface area (Å²) >= 11 is 0. The molecule has 0 radical (unpaired) electrons. The van der Waals surface area contributed by atoms with Crippen molar-refractivity contribution in [2.45, 2.75) is 18.9 Å². The highest BCUT2D eigenvalue weighted by atomic mass is 16.5. The van der Waals surface area contributed by atoms with Crippen LogP contribution < -0.4 is 4.74 Å². The van der Waals surface area contributed by atoms with Gasteiger partial charge < -0.3 is 4.74 Å².